The van der Waals surface area contributed by atoms with Crippen molar-refractivity contribution in [3.05, 3.63) is 74.6 Å². The topological polar surface area (TPSA) is 61.2 Å². The average molecular weight is 401 g/mol. The second-order valence-electron chi connectivity index (χ2n) is 5.57. The van der Waals surface area contributed by atoms with Crippen molar-refractivity contribution in [2.45, 2.75) is 19.9 Å². The van der Waals surface area contributed by atoms with Gasteiger partial charge in [-0.1, -0.05) is 46.3 Å². The molecule has 0 aliphatic heterocycles. The van der Waals surface area contributed by atoms with Crippen LogP contribution in [0, 0.1) is 0 Å². The van der Waals surface area contributed by atoms with Gasteiger partial charge in [0.25, 0.3) is 5.56 Å². The zero-order valence-electron chi connectivity index (χ0n) is 13.7. The fourth-order valence-electron chi connectivity index (χ4n) is 2.70. The molecule has 0 amide bonds. The van der Waals surface area contributed by atoms with E-state index in [1.807, 2.05) is 36.4 Å². The van der Waals surface area contributed by atoms with E-state index in [2.05, 4.69) is 21.0 Å². The lowest BCUT2D eigenvalue weighted by molar-refractivity contribution is -0.142. The molecule has 0 bridgehead atoms. The maximum absolute atomic E-state index is 12.8. The molecule has 0 N–H and O–H groups in total. The summed E-state index contributed by atoms with van der Waals surface area (Å²) in [5, 5.41) is 5.67. The fourth-order valence-corrected chi connectivity index (χ4v) is 3.15. The van der Waals surface area contributed by atoms with Crippen LogP contribution in [0.2, 0.25) is 0 Å². The summed E-state index contributed by atoms with van der Waals surface area (Å²) in [6, 6.07) is 14.9. The van der Waals surface area contributed by atoms with E-state index in [0.29, 0.717) is 29.6 Å². The normalized spacial score (nSPS) is 10.8. The Kier molecular flexibility index (Phi) is 5.28. The lowest BCUT2D eigenvalue weighted by Crippen LogP contribution is -2.26. The number of carbonyl (C=O) groups excluding carboxylic acids is 1. The molecule has 0 unspecified atom stereocenters. The summed E-state index contributed by atoms with van der Waals surface area (Å²) in [6.45, 7) is 2.41. The molecule has 3 aromatic rings. The van der Waals surface area contributed by atoms with Gasteiger partial charge in [0.1, 0.15) is 0 Å². The molecule has 1 heterocycles. The van der Waals surface area contributed by atoms with Gasteiger partial charge in [0, 0.05) is 9.86 Å². The third-order valence-corrected chi connectivity index (χ3v) is 4.28. The third kappa shape index (κ3) is 3.96. The van der Waals surface area contributed by atoms with Crippen molar-refractivity contribution in [2.75, 3.05) is 6.61 Å². The molecule has 25 heavy (non-hydrogen) atoms. The Bertz CT molecular complexity index is 982. The highest BCUT2D eigenvalue weighted by atomic mass is 79.9. The molecular weight excluding hydrogens is 384 g/mol. The smallest absolute Gasteiger partial charge is 0.311 e. The largest absolute Gasteiger partial charge is 0.466 e. The first kappa shape index (κ1) is 17.4. The fraction of sp³-hybridized carbons (Fsp3) is 0.211. The van der Waals surface area contributed by atoms with Gasteiger partial charge in [0.2, 0.25) is 0 Å². The molecule has 128 valence electrons. The Morgan fingerprint density at radius 1 is 1.16 bits per heavy atom. The summed E-state index contributed by atoms with van der Waals surface area (Å²) in [5.74, 6) is -0.354. The van der Waals surface area contributed by atoms with Gasteiger partial charge < -0.3 is 4.74 Å². The van der Waals surface area contributed by atoms with Crippen LogP contribution in [0.25, 0.3) is 10.8 Å². The second kappa shape index (κ2) is 7.61. The van der Waals surface area contributed by atoms with Crippen molar-refractivity contribution in [3.63, 3.8) is 0 Å². The molecule has 2 aromatic carbocycles. The monoisotopic (exact) mass is 400 g/mol. The minimum absolute atomic E-state index is 0.0348. The van der Waals surface area contributed by atoms with Crippen LogP contribution in [0.5, 0.6) is 0 Å². The van der Waals surface area contributed by atoms with Gasteiger partial charge >= 0.3 is 5.97 Å². The molecule has 5 nitrogen and oxygen atoms in total. The molecule has 0 aliphatic rings. The molecule has 0 saturated carbocycles. The third-order valence-electron chi connectivity index (χ3n) is 3.78. The molecule has 0 spiro atoms. The minimum atomic E-state index is -0.354. The Hall–Kier alpha value is -2.47. The van der Waals surface area contributed by atoms with Gasteiger partial charge in [-0.05, 0) is 30.7 Å². The highest BCUT2D eigenvalue weighted by Crippen LogP contribution is 2.16. The van der Waals surface area contributed by atoms with Crippen LogP contribution in [0.15, 0.2) is 57.8 Å². The van der Waals surface area contributed by atoms with Gasteiger partial charge in [0.05, 0.1) is 30.7 Å². The summed E-state index contributed by atoms with van der Waals surface area (Å²) < 4.78 is 7.36. The number of ether oxygens (including phenoxy) is 1. The van der Waals surface area contributed by atoms with Gasteiger partial charge in [-0.3, -0.25) is 9.59 Å². The van der Waals surface area contributed by atoms with Crippen LogP contribution < -0.4 is 5.56 Å². The number of fused-ring (bicyclic) bond motifs is 1. The van der Waals surface area contributed by atoms with Crippen LogP contribution in [0.4, 0.5) is 0 Å². The molecule has 0 radical (unpaired) electrons. The molecule has 0 saturated heterocycles. The number of benzene rings is 2. The van der Waals surface area contributed by atoms with Crippen molar-refractivity contribution >= 4 is 32.7 Å². The van der Waals surface area contributed by atoms with Crippen molar-refractivity contribution in [1.29, 1.82) is 0 Å². The zero-order valence-corrected chi connectivity index (χ0v) is 15.3. The summed E-state index contributed by atoms with van der Waals surface area (Å²) in [6.07, 6.45) is 0.0348. The number of hydrogen-bond acceptors (Lipinski definition) is 4. The predicted molar refractivity (Wildman–Crippen MR) is 99.6 cm³/mol. The van der Waals surface area contributed by atoms with E-state index in [9.17, 15) is 9.59 Å². The predicted octanol–water partition coefficient (Wildman–Crippen LogP) is 3.31. The lowest BCUT2D eigenvalue weighted by Gasteiger charge is -2.11. The lowest BCUT2D eigenvalue weighted by atomic mass is 10.1. The SMILES string of the molecule is CCOC(=O)Cc1nn(Cc2cccc(Br)c2)c(=O)c2ccccc12. The highest BCUT2D eigenvalue weighted by molar-refractivity contribution is 9.10. The van der Waals surface area contributed by atoms with E-state index in [-0.39, 0.29) is 17.9 Å². The van der Waals surface area contributed by atoms with Crippen molar-refractivity contribution in [1.82, 2.24) is 9.78 Å². The van der Waals surface area contributed by atoms with Crippen molar-refractivity contribution < 1.29 is 9.53 Å². The van der Waals surface area contributed by atoms with Gasteiger partial charge in [-0.25, -0.2) is 4.68 Å². The molecule has 0 fully saturated rings. The summed E-state index contributed by atoms with van der Waals surface area (Å²) >= 11 is 3.43. The quantitative estimate of drug-likeness (QED) is 0.616. The Labute approximate surface area is 153 Å². The first-order chi connectivity index (χ1) is 12.1. The highest BCUT2D eigenvalue weighted by Gasteiger charge is 2.14. The molecule has 0 atom stereocenters. The number of hydrogen-bond donors (Lipinski definition) is 0. The van der Waals surface area contributed by atoms with Crippen LogP contribution in [-0.4, -0.2) is 22.4 Å². The molecule has 3 rings (SSSR count). The summed E-state index contributed by atoms with van der Waals surface area (Å²) in [7, 11) is 0. The van der Waals surface area contributed by atoms with Crippen LogP contribution in [-0.2, 0) is 22.5 Å². The zero-order chi connectivity index (χ0) is 17.8. The maximum atomic E-state index is 12.8. The maximum Gasteiger partial charge on any atom is 0.311 e. The first-order valence-corrected chi connectivity index (χ1v) is 8.76. The number of nitrogens with zero attached hydrogens (tertiary/aromatic N) is 2. The van der Waals surface area contributed by atoms with E-state index in [4.69, 9.17) is 4.74 Å². The average Bonchev–Trinajstić information content (AvgIpc) is 2.59. The number of esters is 1. The van der Waals surface area contributed by atoms with E-state index < -0.39 is 0 Å². The number of carbonyl (C=O) groups is 1. The van der Waals surface area contributed by atoms with Gasteiger partial charge in [-0.2, -0.15) is 5.10 Å². The van der Waals surface area contributed by atoms with Crippen molar-refractivity contribution in [3.8, 4) is 0 Å². The Balaban J connectivity index is 2.07. The van der Waals surface area contributed by atoms with Crippen molar-refractivity contribution in [2.24, 2.45) is 0 Å². The molecule has 6 heteroatoms. The van der Waals surface area contributed by atoms with Crippen LogP contribution in [0.1, 0.15) is 18.2 Å². The van der Waals surface area contributed by atoms with E-state index >= 15 is 0 Å². The molecule has 1 aromatic heterocycles. The van der Waals surface area contributed by atoms with E-state index in [0.717, 1.165) is 10.0 Å². The molecular formula is C19H17BrN2O3. The summed E-state index contributed by atoms with van der Waals surface area (Å²) in [4.78, 5) is 24.7. The van der Waals surface area contributed by atoms with Gasteiger partial charge in [0.15, 0.2) is 0 Å². The number of aromatic nitrogens is 2. The standard InChI is InChI=1S/C19H17BrN2O3/c1-2-25-18(23)11-17-15-8-3-4-9-16(15)19(24)22(21-17)12-13-6-5-7-14(20)10-13/h3-10H,2,11-12H2,1H3. The molecule has 0 aliphatic carbocycles. The van der Waals surface area contributed by atoms with Crippen LogP contribution >= 0.6 is 15.9 Å². The van der Waals surface area contributed by atoms with Gasteiger partial charge in [-0.15, -0.1) is 0 Å². The van der Waals surface area contributed by atoms with E-state index in [1.165, 1.54) is 4.68 Å². The van der Waals surface area contributed by atoms with E-state index in [1.54, 1.807) is 19.1 Å². The first-order valence-electron chi connectivity index (χ1n) is 7.97. The van der Waals surface area contributed by atoms with Crippen LogP contribution in [0.3, 0.4) is 0 Å². The number of halogens is 1. The summed E-state index contributed by atoms with van der Waals surface area (Å²) in [5.41, 5.74) is 1.31. The number of rotatable bonds is 5. The Morgan fingerprint density at radius 3 is 2.64 bits per heavy atom. The minimum Gasteiger partial charge on any atom is -0.466 e. The Morgan fingerprint density at radius 2 is 1.92 bits per heavy atom. The second-order valence-corrected chi connectivity index (χ2v) is 6.48.